The van der Waals surface area contributed by atoms with Crippen molar-refractivity contribution in [3.63, 3.8) is 0 Å². The number of aromatic amines is 1. The Labute approximate surface area is 154 Å². The molecule has 1 N–H and O–H groups in total. The first-order chi connectivity index (χ1) is 12.3. The monoisotopic (exact) mass is 378 g/mol. The van der Waals surface area contributed by atoms with Crippen molar-refractivity contribution in [3.05, 3.63) is 29.5 Å². The molecule has 3 heterocycles. The van der Waals surface area contributed by atoms with Gasteiger partial charge in [-0.3, -0.25) is 15.1 Å². The fourth-order valence-electron chi connectivity index (χ4n) is 3.45. The lowest BCUT2D eigenvalue weighted by Crippen LogP contribution is -2.45. The second kappa shape index (κ2) is 7.42. The molecule has 0 amide bonds. The van der Waals surface area contributed by atoms with Crippen LogP contribution >= 0.6 is 0 Å². The van der Waals surface area contributed by atoms with Gasteiger partial charge >= 0.3 is 0 Å². The predicted molar refractivity (Wildman–Crippen MR) is 99.7 cm³/mol. The van der Waals surface area contributed by atoms with Crippen LogP contribution in [0.1, 0.15) is 29.9 Å². The SMILES string of the molecule is Cc1n[nH]c(C)c1-c1cnc(C[C@H]2CCCN(S(=O)(=O)N(C)C)C2)cn1. The summed E-state index contributed by atoms with van der Waals surface area (Å²) in [7, 11) is -0.206. The van der Waals surface area contributed by atoms with Gasteiger partial charge < -0.3 is 0 Å². The number of rotatable bonds is 5. The maximum absolute atomic E-state index is 12.3. The highest BCUT2D eigenvalue weighted by molar-refractivity contribution is 7.86. The van der Waals surface area contributed by atoms with Crippen molar-refractivity contribution >= 4 is 10.2 Å². The van der Waals surface area contributed by atoms with Gasteiger partial charge in [0.1, 0.15) is 0 Å². The number of nitrogens with zero attached hydrogens (tertiary/aromatic N) is 5. The topological polar surface area (TPSA) is 95.1 Å². The maximum atomic E-state index is 12.3. The lowest BCUT2D eigenvalue weighted by atomic mass is 9.95. The Kier molecular flexibility index (Phi) is 5.40. The van der Waals surface area contributed by atoms with Gasteiger partial charge in [0.2, 0.25) is 0 Å². The van der Waals surface area contributed by atoms with Gasteiger partial charge in [0.15, 0.2) is 0 Å². The molecule has 1 aliphatic heterocycles. The highest BCUT2D eigenvalue weighted by Gasteiger charge is 2.30. The quantitative estimate of drug-likeness (QED) is 0.852. The summed E-state index contributed by atoms with van der Waals surface area (Å²) in [6.45, 7) is 5.02. The summed E-state index contributed by atoms with van der Waals surface area (Å²) >= 11 is 0. The van der Waals surface area contributed by atoms with Gasteiger partial charge in [-0.25, -0.2) is 0 Å². The third kappa shape index (κ3) is 3.79. The summed E-state index contributed by atoms with van der Waals surface area (Å²) in [4.78, 5) is 9.09. The molecule has 1 saturated heterocycles. The number of aromatic nitrogens is 4. The number of H-pyrrole nitrogens is 1. The smallest absolute Gasteiger partial charge is 0.281 e. The number of hydrogen-bond donors (Lipinski definition) is 1. The van der Waals surface area contributed by atoms with E-state index >= 15 is 0 Å². The van der Waals surface area contributed by atoms with Crippen LogP contribution in [0.4, 0.5) is 0 Å². The van der Waals surface area contributed by atoms with E-state index in [-0.39, 0.29) is 5.92 Å². The molecule has 0 aliphatic carbocycles. The summed E-state index contributed by atoms with van der Waals surface area (Å²) < 4.78 is 27.5. The normalized spacial score (nSPS) is 19.2. The minimum atomic E-state index is -3.35. The Morgan fingerprint density at radius 1 is 1.27 bits per heavy atom. The molecule has 9 heteroatoms. The molecule has 3 rings (SSSR count). The van der Waals surface area contributed by atoms with Gasteiger partial charge in [-0.15, -0.1) is 0 Å². The first-order valence-electron chi connectivity index (χ1n) is 8.79. The van der Waals surface area contributed by atoms with Crippen molar-refractivity contribution in [1.29, 1.82) is 0 Å². The van der Waals surface area contributed by atoms with E-state index in [9.17, 15) is 8.42 Å². The fraction of sp³-hybridized carbons (Fsp3) is 0.588. The average Bonchev–Trinajstić information content (AvgIpc) is 2.94. The molecule has 0 saturated carbocycles. The van der Waals surface area contributed by atoms with Crippen LogP contribution in [0.5, 0.6) is 0 Å². The minimum absolute atomic E-state index is 0.260. The largest absolute Gasteiger partial charge is 0.282 e. The van der Waals surface area contributed by atoms with Gasteiger partial charge in [-0.2, -0.15) is 22.1 Å². The van der Waals surface area contributed by atoms with E-state index in [1.165, 1.54) is 4.31 Å². The second-order valence-corrected chi connectivity index (χ2v) is 9.20. The molecule has 0 spiro atoms. The Morgan fingerprint density at radius 3 is 2.62 bits per heavy atom. The third-order valence-electron chi connectivity index (χ3n) is 4.86. The Bertz CT molecular complexity index is 840. The number of piperidine rings is 1. The van der Waals surface area contributed by atoms with Crippen LogP contribution in [0.15, 0.2) is 12.4 Å². The van der Waals surface area contributed by atoms with Crippen molar-refractivity contribution < 1.29 is 8.42 Å². The summed E-state index contributed by atoms with van der Waals surface area (Å²) in [5, 5.41) is 7.15. The first kappa shape index (κ1) is 18.9. The highest BCUT2D eigenvalue weighted by Crippen LogP contribution is 2.25. The summed E-state index contributed by atoms with van der Waals surface area (Å²) in [5.74, 6) is 0.260. The Balaban J connectivity index is 1.70. The number of nitrogens with one attached hydrogen (secondary N) is 1. The molecule has 2 aromatic heterocycles. The molecule has 0 bridgehead atoms. The van der Waals surface area contributed by atoms with E-state index in [1.54, 1.807) is 30.8 Å². The Hall–Kier alpha value is -1.84. The van der Waals surface area contributed by atoms with Crippen molar-refractivity contribution in [3.8, 4) is 11.3 Å². The van der Waals surface area contributed by atoms with E-state index in [0.717, 1.165) is 47.6 Å². The van der Waals surface area contributed by atoms with Gasteiger partial charge in [-0.05, 0) is 39.0 Å². The molecule has 1 atom stereocenters. The zero-order chi connectivity index (χ0) is 18.9. The van der Waals surface area contributed by atoms with E-state index in [4.69, 9.17) is 0 Å². The fourth-order valence-corrected chi connectivity index (χ4v) is 4.67. The van der Waals surface area contributed by atoms with Crippen LogP contribution in [-0.2, 0) is 16.6 Å². The molecule has 8 nitrogen and oxygen atoms in total. The van der Waals surface area contributed by atoms with Gasteiger partial charge in [0, 0.05) is 44.6 Å². The maximum Gasteiger partial charge on any atom is 0.281 e. The van der Waals surface area contributed by atoms with E-state index < -0.39 is 10.2 Å². The molecule has 26 heavy (non-hydrogen) atoms. The molecule has 1 aliphatic rings. The third-order valence-corrected chi connectivity index (χ3v) is 6.76. The van der Waals surface area contributed by atoms with Crippen LogP contribution in [0.25, 0.3) is 11.3 Å². The van der Waals surface area contributed by atoms with Crippen LogP contribution in [-0.4, -0.2) is 64.4 Å². The Morgan fingerprint density at radius 2 is 2.04 bits per heavy atom. The van der Waals surface area contributed by atoms with Gasteiger partial charge in [0.25, 0.3) is 10.2 Å². The molecule has 0 aromatic carbocycles. The van der Waals surface area contributed by atoms with Crippen LogP contribution in [0, 0.1) is 19.8 Å². The van der Waals surface area contributed by atoms with Gasteiger partial charge in [0.05, 0.1) is 23.3 Å². The van der Waals surface area contributed by atoms with Crippen molar-refractivity contribution in [2.24, 2.45) is 5.92 Å². The van der Waals surface area contributed by atoms with E-state index in [1.807, 2.05) is 13.8 Å². The first-order valence-corrected chi connectivity index (χ1v) is 10.2. The van der Waals surface area contributed by atoms with Gasteiger partial charge in [-0.1, -0.05) is 0 Å². The lowest BCUT2D eigenvalue weighted by molar-refractivity contribution is 0.253. The lowest BCUT2D eigenvalue weighted by Gasteiger charge is -2.33. The van der Waals surface area contributed by atoms with E-state index in [0.29, 0.717) is 13.1 Å². The number of aryl methyl sites for hydroxylation is 2. The molecular weight excluding hydrogens is 352 g/mol. The van der Waals surface area contributed by atoms with Crippen LogP contribution < -0.4 is 0 Å². The van der Waals surface area contributed by atoms with Crippen LogP contribution in [0.3, 0.4) is 0 Å². The zero-order valence-electron chi connectivity index (χ0n) is 15.7. The standard InChI is InChI=1S/C17H26N6O2S/c1-12-17(13(2)21-20-12)16-10-18-15(9-19-16)8-14-6-5-7-23(11-14)26(24,25)22(3)4/h9-10,14H,5-8,11H2,1-4H3,(H,20,21)/t14-/m1/s1. The minimum Gasteiger partial charge on any atom is -0.282 e. The molecular formula is C17H26N6O2S. The number of hydrogen-bond acceptors (Lipinski definition) is 5. The molecule has 142 valence electrons. The zero-order valence-corrected chi connectivity index (χ0v) is 16.5. The van der Waals surface area contributed by atoms with E-state index in [2.05, 4.69) is 20.2 Å². The molecule has 1 fully saturated rings. The summed E-state index contributed by atoms with van der Waals surface area (Å²) in [6.07, 6.45) is 6.17. The van der Waals surface area contributed by atoms with Crippen molar-refractivity contribution in [2.45, 2.75) is 33.1 Å². The molecule has 0 unspecified atom stereocenters. The average molecular weight is 379 g/mol. The van der Waals surface area contributed by atoms with Crippen molar-refractivity contribution in [2.75, 3.05) is 27.2 Å². The highest BCUT2D eigenvalue weighted by atomic mass is 32.2. The molecule has 0 radical (unpaired) electrons. The second-order valence-electron chi connectivity index (χ2n) is 7.06. The summed E-state index contributed by atoms with van der Waals surface area (Å²) in [6, 6.07) is 0. The van der Waals surface area contributed by atoms with Crippen LogP contribution in [0.2, 0.25) is 0 Å². The predicted octanol–water partition coefficient (Wildman–Crippen LogP) is 1.54. The summed E-state index contributed by atoms with van der Waals surface area (Å²) in [5.41, 5.74) is 4.56. The molecule has 2 aromatic rings. The van der Waals surface area contributed by atoms with Crippen molar-refractivity contribution in [1.82, 2.24) is 28.8 Å².